The number of rotatable bonds is 47. The normalized spacial score (nSPS) is 13.5. The maximum Gasteiger partial charge on any atom is 0.305 e. The van der Waals surface area contributed by atoms with Crippen molar-refractivity contribution in [2.45, 2.75) is 279 Å². The number of nitrogens with one attached hydrogen (secondary N) is 1. The maximum atomic E-state index is 12.6. The van der Waals surface area contributed by atoms with Gasteiger partial charge in [0.1, 0.15) is 0 Å². The summed E-state index contributed by atoms with van der Waals surface area (Å²) >= 11 is 0. The Kier molecular flexibility index (Phi) is 44.2. The molecule has 60 heavy (non-hydrogen) atoms. The molecule has 356 valence electrons. The highest BCUT2D eigenvalue weighted by Crippen LogP contribution is 2.20. The number of hydrogen-bond donors (Lipinski definition) is 1. The number of unbranched alkanes of at least 4 members (excludes halogenated alkanes) is 18. The van der Waals surface area contributed by atoms with Gasteiger partial charge in [-0.3, -0.25) is 14.4 Å². The highest BCUT2D eigenvalue weighted by Gasteiger charge is 2.14. The lowest BCUT2D eigenvalue weighted by Gasteiger charge is -2.19. The lowest BCUT2D eigenvalue weighted by atomic mass is 9.96. The Hall–Kier alpha value is -1.63. The summed E-state index contributed by atoms with van der Waals surface area (Å²) in [6.45, 7) is 16.1. The molecule has 0 fully saturated rings. The second-order valence-electron chi connectivity index (χ2n) is 18.5. The van der Waals surface area contributed by atoms with Crippen molar-refractivity contribution >= 4 is 17.9 Å². The van der Waals surface area contributed by atoms with Crippen molar-refractivity contribution in [2.75, 3.05) is 26.4 Å². The van der Waals surface area contributed by atoms with Gasteiger partial charge in [0, 0.05) is 25.3 Å². The van der Waals surface area contributed by atoms with Gasteiger partial charge in [0.05, 0.1) is 19.8 Å². The zero-order valence-electron chi connectivity index (χ0n) is 41.0. The molecule has 0 bridgehead atoms. The second kappa shape index (κ2) is 45.4. The first kappa shape index (κ1) is 58.4. The minimum absolute atomic E-state index is 0.0124. The monoisotopic (exact) mass is 850 g/mol. The highest BCUT2D eigenvalue weighted by atomic mass is 16.5. The number of ether oxygens (including phenoxy) is 3. The fourth-order valence-electron chi connectivity index (χ4n) is 8.27. The van der Waals surface area contributed by atoms with Gasteiger partial charge >= 0.3 is 17.9 Å². The van der Waals surface area contributed by atoms with E-state index in [1.165, 1.54) is 141 Å². The number of carbonyl (C=O) groups excluding carboxylic acids is 3. The van der Waals surface area contributed by atoms with E-state index in [0.717, 1.165) is 77.2 Å². The van der Waals surface area contributed by atoms with Gasteiger partial charge in [-0.05, 0) is 88.5 Å². The second-order valence-corrected chi connectivity index (χ2v) is 18.5. The quantitative estimate of drug-likeness (QED) is 0.0370. The summed E-state index contributed by atoms with van der Waals surface area (Å²) in [4.78, 5) is 37.1. The topological polar surface area (TPSA) is 90.9 Å². The van der Waals surface area contributed by atoms with Crippen LogP contribution in [0.3, 0.4) is 0 Å². The van der Waals surface area contributed by atoms with Gasteiger partial charge in [-0.25, -0.2) is 0 Å². The van der Waals surface area contributed by atoms with Gasteiger partial charge in [0.2, 0.25) is 0 Å². The zero-order chi connectivity index (χ0) is 44.2. The summed E-state index contributed by atoms with van der Waals surface area (Å²) in [5.41, 5.74) is 0. The Morgan fingerprint density at radius 3 is 1.08 bits per heavy atom. The molecular weight excluding hydrogens is 747 g/mol. The van der Waals surface area contributed by atoms with Crippen LogP contribution in [-0.2, 0) is 28.6 Å². The van der Waals surface area contributed by atoms with E-state index < -0.39 is 0 Å². The molecule has 0 aliphatic rings. The summed E-state index contributed by atoms with van der Waals surface area (Å²) in [6, 6.07) is 0.547. The van der Waals surface area contributed by atoms with Crippen LogP contribution >= 0.6 is 0 Å². The Balaban J connectivity index is 4.49. The molecule has 3 atom stereocenters. The van der Waals surface area contributed by atoms with E-state index in [-0.39, 0.29) is 17.9 Å². The number of hydrogen-bond acceptors (Lipinski definition) is 7. The fourth-order valence-corrected chi connectivity index (χ4v) is 8.27. The molecule has 3 unspecified atom stereocenters. The minimum Gasteiger partial charge on any atom is -0.465 e. The lowest BCUT2D eigenvalue weighted by molar-refractivity contribution is -0.146. The van der Waals surface area contributed by atoms with E-state index in [9.17, 15) is 14.4 Å². The summed E-state index contributed by atoms with van der Waals surface area (Å²) < 4.78 is 16.9. The van der Waals surface area contributed by atoms with Crippen LogP contribution in [0.5, 0.6) is 0 Å². The molecule has 0 aliphatic carbocycles. The lowest BCUT2D eigenvalue weighted by Crippen LogP contribution is -2.30. The van der Waals surface area contributed by atoms with E-state index in [4.69, 9.17) is 14.2 Å². The first-order chi connectivity index (χ1) is 29.3. The largest absolute Gasteiger partial charge is 0.465 e. The van der Waals surface area contributed by atoms with Gasteiger partial charge in [-0.2, -0.15) is 0 Å². The molecule has 0 heterocycles. The summed E-state index contributed by atoms with van der Waals surface area (Å²) in [5, 5.41) is 3.89. The molecular formula is C53H103NO6. The van der Waals surface area contributed by atoms with Crippen LogP contribution in [0.1, 0.15) is 273 Å². The molecule has 0 aromatic heterocycles. The van der Waals surface area contributed by atoms with Gasteiger partial charge in [-0.1, -0.05) is 189 Å². The summed E-state index contributed by atoms with van der Waals surface area (Å²) in [7, 11) is 0. The molecule has 0 saturated heterocycles. The van der Waals surface area contributed by atoms with Crippen molar-refractivity contribution in [3.05, 3.63) is 0 Å². The average Bonchev–Trinajstić information content (AvgIpc) is 3.25. The Morgan fingerprint density at radius 1 is 0.350 bits per heavy atom. The van der Waals surface area contributed by atoms with Crippen LogP contribution in [0.2, 0.25) is 0 Å². The highest BCUT2D eigenvalue weighted by molar-refractivity contribution is 5.69. The number of carbonyl (C=O) groups is 3. The minimum atomic E-state index is -0.0171. The van der Waals surface area contributed by atoms with Gasteiger partial charge in [0.15, 0.2) is 0 Å². The summed E-state index contributed by atoms with van der Waals surface area (Å²) in [5.74, 6) is 1.50. The third-order valence-corrected chi connectivity index (χ3v) is 12.8. The van der Waals surface area contributed by atoms with E-state index in [2.05, 4.69) is 46.9 Å². The van der Waals surface area contributed by atoms with Crippen LogP contribution in [0.25, 0.3) is 0 Å². The van der Waals surface area contributed by atoms with Gasteiger partial charge in [0.25, 0.3) is 0 Å². The molecule has 0 rings (SSSR count). The van der Waals surface area contributed by atoms with Gasteiger partial charge < -0.3 is 19.5 Å². The van der Waals surface area contributed by atoms with E-state index in [1.54, 1.807) is 0 Å². The van der Waals surface area contributed by atoms with Crippen molar-refractivity contribution in [2.24, 2.45) is 17.8 Å². The summed E-state index contributed by atoms with van der Waals surface area (Å²) in [6.07, 6.45) is 40.3. The molecule has 1 N–H and O–H groups in total. The SMILES string of the molecule is CCCCCCC(CCCC)COC(=O)CCCCCNC(CCCCCCCCC(=O)OCC(CC)CCCC)CCCCCCCCC(=O)OCC(CC)CCCC. The molecule has 0 aromatic carbocycles. The van der Waals surface area contributed by atoms with E-state index in [0.29, 0.717) is 62.9 Å². The predicted octanol–water partition coefficient (Wildman–Crippen LogP) is 15.6. The zero-order valence-corrected chi connectivity index (χ0v) is 41.0. The van der Waals surface area contributed by atoms with Gasteiger partial charge in [-0.15, -0.1) is 0 Å². The van der Waals surface area contributed by atoms with E-state index in [1.807, 2.05) is 0 Å². The van der Waals surface area contributed by atoms with Crippen molar-refractivity contribution in [3.8, 4) is 0 Å². The third-order valence-electron chi connectivity index (χ3n) is 12.8. The molecule has 0 saturated carbocycles. The number of esters is 3. The third kappa shape index (κ3) is 39.2. The maximum absolute atomic E-state index is 12.6. The average molecular weight is 850 g/mol. The molecule has 7 nitrogen and oxygen atoms in total. The van der Waals surface area contributed by atoms with Crippen molar-refractivity contribution in [1.82, 2.24) is 5.32 Å². The van der Waals surface area contributed by atoms with Crippen LogP contribution in [0, 0.1) is 17.8 Å². The molecule has 0 aromatic rings. The smallest absolute Gasteiger partial charge is 0.305 e. The Bertz CT molecular complexity index is 894. The van der Waals surface area contributed by atoms with Crippen molar-refractivity contribution in [3.63, 3.8) is 0 Å². The van der Waals surface area contributed by atoms with E-state index >= 15 is 0 Å². The molecule has 0 radical (unpaired) electrons. The molecule has 0 amide bonds. The molecule has 7 heteroatoms. The van der Waals surface area contributed by atoms with Crippen molar-refractivity contribution in [1.29, 1.82) is 0 Å². The molecule has 0 aliphatic heterocycles. The predicted molar refractivity (Wildman–Crippen MR) is 255 cm³/mol. The van der Waals surface area contributed by atoms with Crippen LogP contribution in [-0.4, -0.2) is 50.3 Å². The van der Waals surface area contributed by atoms with Crippen molar-refractivity contribution < 1.29 is 28.6 Å². The Morgan fingerprint density at radius 2 is 0.667 bits per heavy atom. The van der Waals surface area contributed by atoms with Crippen LogP contribution < -0.4 is 5.32 Å². The first-order valence-corrected chi connectivity index (χ1v) is 26.5. The standard InChI is InChI=1S/C53H103NO6/c1-7-13-17-27-37-49(36-16-10-4)46-60-53(57)42-32-26-33-43-54-50(38-28-22-18-20-24-30-40-51(55)58-44-47(11-5)34-14-8-2)39-29-23-19-21-25-31-41-52(56)59-45-48(12-6)35-15-9-3/h47-50,54H,7-46H2,1-6H3. The fraction of sp³-hybridized carbons (Fsp3) is 0.943. The first-order valence-electron chi connectivity index (χ1n) is 26.5. The molecule has 0 spiro atoms. The van der Waals surface area contributed by atoms with Crippen LogP contribution in [0.15, 0.2) is 0 Å². The van der Waals surface area contributed by atoms with Crippen LogP contribution in [0.4, 0.5) is 0 Å². The Labute approximate surface area is 373 Å².